The summed E-state index contributed by atoms with van der Waals surface area (Å²) < 4.78 is 32.3. The molecule has 0 aliphatic heterocycles. The molecule has 1 aromatic carbocycles. The fraction of sp³-hybridized carbons (Fsp3) is 0.619. The van der Waals surface area contributed by atoms with Gasteiger partial charge in [-0.05, 0) is 59.8 Å². The lowest BCUT2D eigenvalue weighted by Gasteiger charge is -2.42. The van der Waals surface area contributed by atoms with Gasteiger partial charge in [-0.15, -0.1) is 0 Å². The maximum atomic E-state index is 11.1. The summed E-state index contributed by atoms with van der Waals surface area (Å²) in [5.74, 6) is 0.783. The van der Waals surface area contributed by atoms with Gasteiger partial charge in [-0.2, -0.15) is 0 Å². The number of unbranched alkanes of at least 4 members (excludes halogenated alkanes) is 1. The highest BCUT2D eigenvalue weighted by molar-refractivity contribution is 7.79. The first-order chi connectivity index (χ1) is 12.7. The molecule has 1 N–H and O–H groups in total. The standard InChI is InChI=1S/C21H36O4SSi/c1-16(2)27(17(3)4,18(5)6)25-15-9-8-10-21(24-7)19-11-13-20(14-12-19)26(22)23/h10-14,16-18H,8-9,15H2,1-7H3,(H,22,23)/b21-10+. The Morgan fingerprint density at radius 1 is 1.07 bits per heavy atom. The molecule has 6 heteroatoms. The van der Waals surface area contributed by atoms with Gasteiger partial charge in [0.1, 0.15) is 5.76 Å². The minimum atomic E-state index is -1.95. The Morgan fingerprint density at radius 3 is 2.00 bits per heavy atom. The molecule has 0 bridgehead atoms. The first-order valence-corrected chi connectivity index (χ1v) is 13.0. The van der Waals surface area contributed by atoms with Crippen LogP contribution in [0.3, 0.4) is 0 Å². The van der Waals surface area contributed by atoms with Crippen molar-refractivity contribution in [2.45, 2.75) is 75.9 Å². The summed E-state index contributed by atoms with van der Waals surface area (Å²) in [6.45, 7) is 14.6. The van der Waals surface area contributed by atoms with Gasteiger partial charge in [0.25, 0.3) is 0 Å². The van der Waals surface area contributed by atoms with Crippen molar-refractivity contribution in [3.63, 3.8) is 0 Å². The Kier molecular flexibility index (Phi) is 9.94. The second-order valence-electron chi connectivity index (χ2n) is 7.85. The average molecular weight is 413 g/mol. The molecule has 1 aromatic rings. The summed E-state index contributed by atoms with van der Waals surface area (Å²) in [6, 6.07) is 6.91. The molecule has 0 aliphatic rings. The molecule has 0 spiro atoms. The van der Waals surface area contributed by atoms with Crippen LogP contribution in [0.15, 0.2) is 35.2 Å². The van der Waals surface area contributed by atoms with E-state index in [2.05, 4.69) is 47.6 Å². The molecule has 27 heavy (non-hydrogen) atoms. The lowest BCUT2D eigenvalue weighted by molar-refractivity contribution is 0.273. The number of ether oxygens (including phenoxy) is 1. The fourth-order valence-corrected chi connectivity index (χ4v) is 9.99. The summed E-state index contributed by atoms with van der Waals surface area (Å²) >= 11 is -1.95. The van der Waals surface area contributed by atoms with Gasteiger partial charge in [0.05, 0.1) is 12.0 Å². The zero-order valence-corrected chi connectivity index (χ0v) is 19.6. The summed E-state index contributed by atoms with van der Waals surface area (Å²) in [7, 11) is -0.151. The van der Waals surface area contributed by atoms with E-state index in [1.165, 1.54) is 0 Å². The van der Waals surface area contributed by atoms with E-state index < -0.39 is 19.4 Å². The zero-order chi connectivity index (χ0) is 20.6. The molecule has 0 fully saturated rings. The molecule has 0 aliphatic carbocycles. The summed E-state index contributed by atoms with van der Waals surface area (Å²) in [4.78, 5) is 0.389. The maximum absolute atomic E-state index is 11.1. The fourth-order valence-electron chi connectivity index (χ4n) is 4.12. The van der Waals surface area contributed by atoms with Gasteiger partial charge in [-0.25, -0.2) is 4.21 Å². The third kappa shape index (κ3) is 6.27. The minimum absolute atomic E-state index is 0.389. The molecule has 0 radical (unpaired) electrons. The Morgan fingerprint density at radius 2 is 1.59 bits per heavy atom. The van der Waals surface area contributed by atoms with Crippen LogP contribution in [0.25, 0.3) is 5.76 Å². The predicted molar refractivity (Wildman–Crippen MR) is 117 cm³/mol. The van der Waals surface area contributed by atoms with Crippen LogP contribution in [0.5, 0.6) is 0 Å². The summed E-state index contributed by atoms with van der Waals surface area (Å²) in [5, 5.41) is 0. The molecule has 0 saturated carbocycles. The van der Waals surface area contributed by atoms with Crippen molar-refractivity contribution < 1.29 is 17.9 Å². The van der Waals surface area contributed by atoms with Crippen molar-refractivity contribution in [1.29, 1.82) is 0 Å². The molecule has 0 aromatic heterocycles. The zero-order valence-electron chi connectivity index (χ0n) is 17.8. The van der Waals surface area contributed by atoms with Gasteiger partial charge in [0.2, 0.25) is 0 Å². The van der Waals surface area contributed by atoms with Crippen LogP contribution in [0, 0.1) is 0 Å². The van der Waals surface area contributed by atoms with Gasteiger partial charge in [-0.1, -0.05) is 41.5 Å². The van der Waals surface area contributed by atoms with E-state index in [4.69, 9.17) is 13.7 Å². The average Bonchev–Trinajstić information content (AvgIpc) is 2.60. The monoisotopic (exact) mass is 412 g/mol. The van der Waals surface area contributed by atoms with Crippen LogP contribution in [0.4, 0.5) is 0 Å². The largest absolute Gasteiger partial charge is 0.496 e. The molecule has 1 unspecified atom stereocenters. The highest BCUT2D eigenvalue weighted by atomic mass is 32.2. The molecule has 4 nitrogen and oxygen atoms in total. The smallest absolute Gasteiger partial charge is 0.200 e. The number of methoxy groups -OCH3 is 1. The van der Waals surface area contributed by atoms with Crippen LogP contribution in [-0.4, -0.2) is 30.8 Å². The van der Waals surface area contributed by atoms with Crippen molar-refractivity contribution in [3.05, 3.63) is 35.9 Å². The Hall–Kier alpha value is -0.953. The van der Waals surface area contributed by atoms with Crippen LogP contribution >= 0.6 is 0 Å². The van der Waals surface area contributed by atoms with E-state index in [0.717, 1.165) is 30.8 Å². The van der Waals surface area contributed by atoms with E-state index in [0.29, 0.717) is 21.5 Å². The van der Waals surface area contributed by atoms with Crippen molar-refractivity contribution in [2.75, 3.05) is 13.7 Å². The molecule has 0 amide bonds. The number of hydrogen-bond acceptors (Lipinski definition) is 3. The predicted octanol–water partition coefficient (Wildman–Crippen LogP) is 6.23. The molecule has 0 saturated heterocycles. The van der Waals surface area contributed by atoms with Crippen molar-refractivity contribution in [2.24, 2.45) is 0 Å². The number of allylic oxidation sites excluding steroid dienone is 1. The third-order valence-corrected chi connectivity index (χ3v) is 12.1. The number of benzene rings is 1. The molecular formula is C21H36O4SSi. The van der Waals surface area contributed by atoms with Gasteiger partial charge in [0, 0.05) is 12.2 Å². The molecule has 154 valence electrons. The van der Waals surface area contributed by atoms with E-state index in [-0.39, 0.29) is 0 Å². The Labute approximate surface area is 168 Å². The topological polar surface area (TPSA) is 55.8 Å². The van der Waals surface area contributed by atoms with Gasteiger partial charge >= 0.3 is 0 Å². The van der Waals surface area contributed by atoms with E-state index in [1.807, 2.05) is 12.1 Å². The van der Waals surface area contributed by atoms with Crippen molar-refractivity contribution in [3.8, 4) is 0 Å². The number of hydrogen-bond donors (Lipinski definition) is 1. The second kappa shape index (κ2) is 11.1. The number of rotatable bonds is 11. The second-order valence-corrected chi connectivity index (χ2v) is 14.3. The van der Waals surface area contributed by atoms with E-state index in [9.17, 15) is 4.21 Å². The van der Waals surface area contributed by atoms with E-state index >= 15 is 0 Å². The molecule has 1 rings (SSSR count). The maximum Gasteiger partial charge on any atom is 0.200 e. The first kappa shape index (κ1) is 24.1. The highest BCUT2D eigenvalue weighted by Crippen LogP contribution is 2.42. The van der Waals surface area contributed by atoms with Crippen LogP contribution in [0.1, 0.15) is 59.9 Å². The normalized spacial score (nSPS) is 14.3. The van der Waals surface area contributed by atoms with E-state index in [1.54, 1.807) is 19.2 Å². The summed E-state index contributed by atoms with van der Waals surface area (Å²) in [5.41, 5.74) is 2.69. The SMILES string of the molecule is CO/C(=C/CCCO[Si](C(C)C)(C(C)C)C(C)C)c1ccc(S(=O)O)cc1. The lowest BCUT2D eigenvalue weighted by Crippen LogP contribution is -2.47. The van der Waals surface area contributed by atoms with Crippen LogP contribution < -0.4 is 0 Å². The lowest BCUT2D eigenvalue weighted by atomic mass is 10.1. The molecule has 1 atom stereocenters. The van der Waals surface area contributed by atoms with Crippen molar-refractivity contribution in [1.82, 2.24) is 0 Å². The van der Waals surface area contributed by atoms with Crippen LogP contribution in [-0.2, 0) is 20.2 Å². The quantitative estimate of drug-likeness (QED) is 0.203. The first-order valence-electron chi connectivity index (χ1n) is 9.76. The highest BCUT2D eigenvalue weighted by Gasteiger charge is 2.44. The van der Waals surface area contributed by atoms with Gasteiger partial charge in [0.15, 0.2) is 19.4 Å². The van der Waals surface area contributed by atoms with Crippen molar-refractivity contribution >= 4 is 25.2 Å². The minimum Gasteiger partial charge on any atom is -0.496 e. The Balaban J connectivity index is 2.69. The third-order valence-electron chi connectivity index (χ3n) is 5.30. The van der Waals surface area contributed by atoms with Gasteiger partial charge < -0.3 is 13.7 Å². The van der Waals surface area contributed by atoms with Crippen LogP contribution in [0.2, 0.25) is 16.6 Å². The molecule has 0 heterocycles. The Bertz CT molecular complexity index is 602. The summed E-state index contributed by atoms with van der Waals surface area (Å²) in [6.07, 6.45) is 3.89. The van der Waals surface area contributed by atoms with Gasteiger partial charge in [-0.3, -0.25) is 0 Å². The molecular weight excluding hydrogens is 376 g/mol.